The molecule has 0 amide bonds. The van der Waals surface area contributed by atoms with Gasteiger partial charge in [0.05, 0.1) is 6.54 Å². The minimum absolute atomic E-state index is 0.0449. The third-order valence-corrected chi connectivity index (χ3v) is 2.07. The lowest BCUT2D eigenvalue weighted by molar-refractivity contribution is 0.0770. The largest absolute Gasteiger partial charge is 0.384 e. The number of hydrogen-bond acceptors (Lipinski definition) is 4. The van der Waals surface area contributed by atoms with Crippen molar-refractivity contribution in [3.63, 3.8) is 0 Å². The first-order valence-corrected chi connectivity index (χ1v) is 3.50. The lowest BCUT2D eigenvalue weighted by atomic mass is 9.87. The van der Waals surface area contributed by atoms with Crippen molar-refractivity contribution in [1.29, 1.82) is 5.41 Å². The smallest absolute Gasteiger partial charge is 0.103 e. The molecular weight excluding hydrogens is 144 g/mol. The average Bonchev–Trinajstić information content (AvgIpc) is 1.88. The molecule has 0 aromatic rings. The van der Waals surface area contributed by atoms with Crippen LogP contribution in [0.15, 0.2) is 5.18 Å². The van der Waals surface area contributed by atoms with Crippen LogP contribution in [-0.4, -0.2) is 23.0 Å². The second-order valence-corrected chi connectivity index (χ2v) is 2.99. The van der Waals surface area contributed by atoms with Crippen LogP contribution in [0.2, 0.25) is 0 Å². The molecule has 0 heterocycles. The molecule has 0 saturated heterocycles. The Kier molecular flexibility index (Phi) is 3.32. The summed E-state index contributed by atoms with van der Waals surface area (Å²) in [6.45, 7) is 4.77. The van der Waals surface area contributed by atoms with E-state index < -0.39 is 5.60 Å². The Balaban J connectivity index is 4.28. The molecule has 2 atom stereocenters. The van der Waals surface area contributed by atoms with E-state index in [2.05, 4.69) is 5.18 Å². The van der Waals surface area contributed by atoms with Crippen molar-refractivity contribution in [1.82, 2.24) is 0 Å². The van der Waals surface area contributed by atoms with Crippen molar-refractivity contribution in [2.75, 3.05) is 6.54 Å². The first-order chi connectivity index (χ1) is 4.92. The van der Waals surface area contributed by atoms with E-state index in [0.29, 0.717) is 0 Å². The summed E-state index contributed by atoms with van der Waals surface area (Å²) in [4.78, 5) is 9.85. The maximum atomic E-state index is 9.85. The summed E-state index contributed by atoms with van der Waals surface area (Å²) < 4.78 is 0. The van der Waals surface area contributed by atoms with E-state index in [-0.39, 0.29) is 18.2 Å². The molecule has 64 valence electrons. The second kappa shape index (κ2) is 3.57. The third-order valence-electron chi connectivity index (χ3n) is 2.07. The minimum Gasteiger partial charge on any atom is -0.384 e. The van der Waals surface area contributed by atoms with Gasteiger partial charge in [-0.15, -0.1) is 0 Å². The fourth-order valence-corrected chi connectivity index (χ4v) is 0.659. The molecule has 0 aromatic carbocycles. The summed E-state index contributed by atoms with van der Waals surface area (Å²) in [7, 11) is 0. The predicted molar refractivity (Wildman–Crippen MR) is 43.9 cm³/mol. The number of aliphatic hydroxyl groups is 1. The molecule has 0 radical (unpaired) electrons. The molecule has 1 unspecified atom stereocenters. The number of hydrogen-bond donors (Lipinski definition) is 2. The zero-order valence-corrected chi connectivity index (χ0v) is 7.09. The van der Waals surface area contributed by atoms with Crippen LogP contribution in [-0.2, 0) is 0 Å². The van der Waals surface area contributed by atoms with Crippen molar-refractivity contribution in [3.8, 4) is 0 Å². The standard InChI is InChI=1S/C7H14N2O2/c1-5(4-9-11)7(3,10)6(2)8/h5,8,10H,4H2,1-3H3/t5-,7?/m1/s1. The van der Waals surface area contributed by atoms with Gasteiger partial charge in [-0.05, 0) is 13.8 Å². The fourth-order valence-electron chi connectivity index (χ4n) is 0.659. The van der Waals surface area contributed by atoms with E-state index in [9.17, 15) is 10.0 Å². The Hall–Kier alpha value is -0.770. The van der Waals surface area contributed by atoms with Gasteiger partial charge in [-0.25, -0.2) is 0 Å². The molecule has 0 aliphatic heterocycles. The van der Waals surface area contributed by atoms with Gasteiger partial charge in [-0.1, -0.05) is 12.1 Å². The summed E-state index contributed by atoms with van der Waals surface area (Å²) in [5, 5.41) is 19.5. The highest BCUT2D eigenvalue weighted by atomic mass is 16.3. The normalized spacial score (nSPS) is 18.5. The van der Waals surface area contributed by atoms with Gasteiger partial charge in [0.15, 0.2) is 0 Å². The second-order valence-electron chi connectivity index (χ2n) is 2.99. The van der Waals surface area contributed by atoms with E-state index in [4.69, 9.17) is 5.41 Å². The molecule has 4 nitrogen and oxygen atoms in total. The van der Waals surface area contributed by atoms with Crippen LogP contribution < -0.4 is 0 Å². The quantitative estimate of drug-likeness (QED) is 0.476. The summed E-state index contributed by atoms with van der Waals surface area (Å²) >= 11 is 0. The Morgan fingerprint density at radius 2 is 2.27 bits per heavy atom. The van der Waals surface area contributed by atoms with E-state index in [1.165, 1.54) is 13.8 Å². The van der Waals surface area contributed by atoms with Crippen LogP contribution >= 0.6 is 0 Å². The number of nitroso groups, excluding NO2 is 1. The molecule has 11 heavy (non-hydrogen) atoms. The van der Waals surface area contributed by atoms with Crippen molar-refractivity contribution < 1.29 is 5.11 Å². The van der Waals surface area contributed by atoms with Gasteiger partial charge >= 0.3 is 0 Å². The molecule has 0 aromatic heterocycles. The first-order valence-electron chi connectivity index (χ1n) is 3.50. The molecule has 2 N–H and O–H groups in total. The molecule has 0 bridgehead atoms. The lowest BCUT2D eigenvalue weighted by Crippen LogP contribution is -2.41. The highest BCUT2D eigenvalue weighted by Gasteiger charge is 2.30. The number of nitrogens with zero attached hydrogens (tertiary/aromatic N) is 1. The molecule has 0 rings (SSSR count). The van der Waals surface area contributed by atoms with Gasteiger partial charge in [0.1, 0.15) is 5.60 Å². The van der Waals surface area contributed by atoms with Crippen molar-refractivity contribution in [2.45, 2.75) is 26.4 Å². The average molecular weight is 158 g/mol. The van der Waals surface area contributed by atoms with Crippen molar-refractivity contribution in [2.24, 2.45) is 11.1 Å². The zero-order chi connectivity index (χ0) is 9.07. The van der Waals surface area contributed by atoms with E-state index in [1.807, 2.05) is 0 Å². The Bertz CT molecular complexity index is 166. The van der Waals surface area contributed by atoms with Crippen LogP contribution in [0.3, 0.4) is 0 Å². The van der Waals surface area contributed by atoms with Crippen LogP contribution in [0.4, 0.5) is 0 Å². The Morgan fingerprint density at radius 3 is 2.55 bits per heavy atom. The van der Waals surface area contributed by atoms with Gasteiger partial charge < -0.3 is 10.5 Å². The molecule has 0 aliphatic rings. The summed E-state index contributed by atoms with van der Waals surface area (Å²) in [5.41, 5.74) is -1.04. The van der Waals surface area contributed by atoms with Crippen LogP contribution in [0.25, 0.3) is 0 Å². The SMILES string of the molecule is CC(=N)C(C)(O)[C@H](C)CN=O. The lowest BCUT2D eigenvalue weighted by Gasteiger charge is -2.27. The Morgan fingerprint density at radius 1 is 1.82 bits per heavy atom. The highest BCUT2D eigenvalue weighted by molar-refractivity contribution is 5.87. The van der Waals surface area contributed by atoms with Gasteiger partial charge in [-0.2, -0.15) is 4.91 Å². The Labute approximate surface area is 66.1 Å². The maximum absolute atomic E-state index is 9.85. The van der Waals surface area contributed by atoms with Crippen molar-refractivity contribution >= 4 is 5.71 Å². The van der Waals surface area contributed by atoms with Crippen LogP contribution in [0.5, 0.6) is 0 Å². The van der Waals surface area contributed by atoms with Gasteiger partial charge in [0.2, 0.25) is 0 Å². The topological polar surface area (TPSA) is 73.5 Å². The predicted octanol–water partition coefficient (Wildman–Crippen LogP) is 1.18. The summed E-state index contributed by atoms with van der Waals surface area (Å²) in [6.07, 6.45) is 0. The molecule has 0 fully saturated rings. The maximum Gasteiger partial charge on any atom is 0.103 e. The highest BCUT2D eigenvalue weighted by Crippen LogP contribution is 2.18. The van der Waals surface area contributed by atoms with E-state index >= 15 is 0 Å². The number of rotatable bonds is 4. The monoisotopic (exact) mass is 158 g/mol. The minimum atomic E-state index is -1.20. The molecule has 0 aliphatic carbocycles. The third kappa shape index (κ3) is 2.38. The van der Waals surface area contributed by atoms with Gasteiger partial charge in [0, 0.05) is 11.6 Å². The fraction of sp³-hybridized carbons (Fsp3) is 0.857. The van der Waals surface area contributed by atoms with E-state index in [0.717, 1.165) is 0 Å². The van der Waals surface area contributed by atoms with Gasteiger partial charge in [-0.3, -0.25) is 0 Å². The van der Waals surface area contributed by atoms with Crippen LogP contribution in [0.1, 0.15) is 20.8 Å². The van der Waals surface area contributed by atoms with Gasteiger partial charge in [0.25, 0.3) is 0 Å². The molecular formula is C7H14N2O2. The summed E-state index contributed by atoms with van der Waals surface area (Å²) in [5.74, 6) is -0.294. The van der Waals surface area contributed by atoms with E-state index in [1.54, 1.807) is 6.92 Å². The molecule has 4 heteroatoms. The molecule has 0 saturated carbocycles. The zero-order valence-electron chi connectivity index (χ0n) is 7.09. The van der Waals surface area contributed by atoms with Crippen LogP contribution in [0, 0.1) is 16.2 Å². The molecule has 0 spiro atoms. The van der Waals surface area contributed by atoms with Crippen molar-refractivity contribution in [3.05, 3.63) is 4.91 Å². The summed E-state index contributed by atoms with van der Waals surface area (Å²) in [6, 6.07) is 0. The first kappa shape index (κ1) is 10.2. The number of nitrogens with one attached hydrogen (secondary N) is 1.